The fourth-order valence-corrected chi connectivity index (χ4v) is 3.73. The van der Waals surface area contributed by atoms with Gasteiger partial charge in [0, 0.05) is 30.2 Å². The van der Waals surface area contributed by atoms with Gasteiger partial charge in [0.25, 0.3) is 0 Å². The number of aryl methyl sites for hydroxylation is 1. The minimum Gasteiger partial charge on any atom is -0.336 e. The van der Waals surface area contributed by atoms with Crippen molar-refractivity contribution in [2.45, 2.75) is 12.1 Å². The molecular weight excluding hydrogens is 388 g/mol. The molecule has 1 aromatic heterocycles. The maximum atomic E-state index is 12.4. The van der Waals surface area contributed by atoms with Gasteiger partial charge in [-0.25, -0.2) is 4.79 Å². The van der Waals surface area contributed by atoms with Crippen LogP contribution in [0.25, 0.3) is 5.69 Å². The molecule has 9 heteroatoms. The van der Waals surface area contributed by atoms with Gasteiger partial charge in [-0.15, -0.1) is 10.2 Å². The molecule has 0 aliphatic carbocycles. The average molecular weight is 408 g/mol. The third-order valence-corrected chi connectivity index (χ3v) is 5.40. The summed E-state index contributed by atoms with van der Waals surface area (Å²) in [5, 5.41) is 14.4. The minimum atomic E-state index is -0.156. The summed E-state index contributed by atoms with van der Waals surface area (Å²) in [7, 11) is 0. The van der Waals surface area contributed by atoms with Crippen LogP contribution in [0.2, 0.25) is 0 Å². The monoisotopic (exact) mass is 408 g/mol. The van der Waals surface area contributed by atoms with Crippen molar-refractivity contribution in [1.29, 1.82) is 0 Å². The van der Waals surface area contributed by atoms with E-state index in [1.807, 2.05) is 47.9 Å². The molecule has 2 N–H and O–H groups in total. The Morgan fingerprint density at radius 3 is 2.79 bits per heavy atom. The van der Waals surface area contributed by atoms with Crippen molar-refractivity contribution in [3.8, 4) is 5.69 Å². The van der Waals surface area contributed by atoms with Crippen LogP contribution in [0, 0.1) is 6.92 Å². The maximum absolute atomic E-state index is 12.4. The van der Waals surface area contributed by atoms with Gasteiger partial charge in [0.1, 0.15) is 6.33 Å². The van der Waals surface area contributed by atoms with Crippen molar-refractivity contribution in [3.05, 3.63) is 60.4 Å². The second-order valence-corrected chi connectivity index (χ2v) is 7.53. The number of hydrogen-bond acceptors (Lipinski definition) is 5. The molecule has 0 saturated carbocycles. The van der Waals surface area contributed by atoms with Crippen LogP contribution in [0.5, 0.6) is 0 Å². The summed E-state index contributed by atoms with van der Waals surface area (Å²) in [6, 6.07) is 15.1. The average Bonchev–Trinajstić information content (AvgIpc) is 3.36. The molecule has 1 aliphatic rings. The molecular formula is C20H20N6O2S. The van der Waals surface area contributed by atoms with Crippen LogP contribution in [0.4, 0.5) is 16.2 Å². The van der Waals surface area contributed by atoms with Crippen molar-refractivity contribution < 1.29 is 9.59 Å². The van der Waals surface area contributed by atoms with Gasteiger partial charge in [-0.2, -0.15) is 0 Å². The normalized spacial score (nSPS) is 13.4. The van der Waals surface area contributed by atoms with Crippen LogP contribution >= 0.6 is 11.8 Å². The highest BCUT2D eigenvalue weighted by Gasteiger charge is 2.21. The topological polar surface area (TPSA) is 92.2 Å². The van der Waals surface area contributed by atoms with Crippen molar-refractivity contribution in [2.75, 3.05) is 29.1 Å². The van der Waals surface area contributed by atoms with Crippen molar-refractivity contribution in [1.82, 2.24) is 20.1 Å². The smallest absolute Gasteiger partial charge is 0.321 e. The molecule has 1 saturated heterocycles. The van der Waals surface area contributed by atoms with Crippen LogP contribution in [0.1, 0.15) is 5.56 Å². The Morgan fingerprint density at radius 1 is 1.21 bits per heavy atom. The fourth-order valence-electron chi connectivity index (χ4n) is 3.00. The number of nitrogens with zero attached hydrogens (tertiary/aromatic N) is 4. The number of benzene rings is 2. The van der Waals surface area contributed by atoms with E-state index >= 15 is 0 Å². The number of amides is 3. The lowest BCUT2D eigenvalue weighted by molar-refractivity contribution is -0.113. The molecule has 0 unspecified atom stereocenters. The highest BCUT2D eigenvalue weighted by atomic mass is 32.2. The number of hydrogen-bond donors (Lipinski definition) is 2. The molecule has 1 fully saturated rings. The summed E-state index contributed by atoms with van der Waals surface area (Å²) in [6.07, 6.45) is 1.63. The summed E-state index contributed by atoms with van der Waals surface area (Å²) < 4.78 is 1.85. The molecule has 29 heavy (non-hydrogen) atoms. The quantitative estimate of drug-likeness (QED) is 0.612. The zero-order valence-electron chi connectivity index (χ0n) is 15.8. The number of anilines is 2. The van der Waals surface area contributed by atoms with E-state index in [0.717, 1.165) is 11.4 Å². The molecule has 1 aliphatic heterocycles. The minimum absolute atomic E-state index is 0.125. The Hall–Kier alpha value is -3.33. The number of nitrogens with one attached hydrogen (secondary N) is 2. The Morgan fingerprint density at radius 2 is 2.03 bits per heavy atom. The number of thioether (sulfide) groups is 1. The molecule has 8 nitrogen and oxygen atoms in total. The fraction of sp³-hybridized carbons (Fsp3) is 0.200. The Labute approximate surface area is 172 Å². The van der Waals surface area contributed by atoms with E-state index in [2.05, 4.69) is 20.8 Å². The molecule has 0 radical (unpaired) electrons. The molecule has 2 heterocycles. The van der Waals surface area contributed by atoms with Gasteiger partial charge in [0.2, 0.25) is 5.91 Å². The van der Waals surface area contributed by atoms with Crippen LogP contribution in [0.15, 0.2) is 60.0 Å². The summed E-state index contributed by atoms with van der Waals surface area (Å²) in [5.41, 5.74) is 3.52. The first-order valence-corrected chi connectivity index (χ1v) is 10.1. The predicted molar refractivity (Wildman–Crippen MR) is 113 cm³/mol. The van der Waals surface area contributed by atoms with Gasteiger partial charge >= 0.3 is 6.03 Å². The lowest BCUT2D eigenvalue weighted by Gasteiger charge is -2.15. The van der Waals surface area contributed by atoms with Gasteiger partial charge < -0.3 is 10.6 Å². The van der Waals surface area contributed by atoms with Crippen LogP contribution in [-0.4, -0.2) is 45.5 Å². The number of carbonyl (C=O) groups excluding carboxylic acids is 2. The van der Waals surface area contributed by atoms with E-state index in [0.29, 0.717) is 23.9 Å². The second kappa shape index (κ2) is 8.36. The molecule has 0 bridgehead atoms. The van der Waals surface area contributed by atoms with Crippen molar-refractivity contribution in [3.63, 3.8) is 0 Å². The summed E-state index contributed by atoms with van der Waals surface area (Å²) in [5.74, 6) is 0.0374. The molecule has 3 aromatic rings. The van der Waals surface area contributed by atoms with E-state index in [-0.39, 0.29) is 17.7 Å². The lowest BCUT2D eigenvalue weighted by Crippen LogP contribution is -2.27. The van der Waals surface area contributed by atoms with Crippen molar-refractivity contribution in [2.24, 2.45) is 0 Å². The highest BCUT2D eigenvalue weighted by molar-refractivity contribution is 7.99. The zero-order valence-corrected chi connectivity index (χ0v) is 16.6. The largest absolute Gasteiger partial charge is 0.336 e. The first kappa shape index (κ1) is 19.0. The van der Waals surface area contributed by atoms with E-state index in [1.54, 1.807) is 23.4 Å². The number of aromatic nitrogens is 3. The first-order valence-electron chi connectivity index (χ1n) is 9.15. The van der Waals surface area contributed by atoms with Gasteiger partial charge in [-0.3, -0.25) is 14.3 Å². The van der Waals surface area contributed by atoms with Gasteiger partial charge in [0.15, 0.2) is 5.16 Å². The molecule has 0 atom stereocenters. The van der Waals surface area contributed by atoms with E-state index < -0.39 is 0 Å². The third kappa shape index (κ3) is 4.40. The maximum Gasteiger partial charge on any atom is 0.321 e. The molecule has 0 spiro atoms. The predicted octanol–water partition coefficient (Wildman–Crippen LogP) is 2.84. The first-order chi connectivity index (χ1) is 14.1. The Kier molecular flexibility index (Phi) is 5.48. The summed E-state index contributed by atoms with van der Waals surface area (Å²) in [6.45, 7) is 3.26. The van der Waals surface area contributed by atoms with Crippen molar-refractivity contribution >= 4 is 35.1 Å². The van der Waals surface area contributed by atoms with Gasteiger partial charge in [0.05, 0.1) is 5.75 Å². The molecule has 2 aromatic carbocycles. The number of rotatable bonds is 6. The molecule has 4 rings (SSSR count). The van der Waals surface area contributed by atoms with Gasteiger partial charge in [-0.05, 0) is 37.3 Å². The van der Waals surface area contributed by atoms with Crippen LogP contribution < -0.4 is 15.5 Å². The molecule has 3 amide bonds. The second-order valence-electron chi connectivity index (χ2n) is 6.59. The standard InChI is InChI=1S/C20H20N6O2S/c1-14-5-7-16(8-6-14)26-13-22-24-20(26)29-12-18(27)23-15-3-2-4-17(11-15)25-10-9-21-19(25)28/h2-8,11,13H,9-10,12H2,1H3,(H,21,28)(H,23,27). The number of carbonyl (C=O) groups is 2. The zero-order chi connectivity index (χ0) is 20.2. The highest BCUT2D eigenvalue weighted by Crippen LogP contribution is 2.23. The van der Waals surface area contributed by atoms with E-state index in [1.165, 1.54) is 17.3 Å². The number of urea groups is 1. The Bertz CT molecular complexity index is 1030. The van der Waals surface area contributed by atoms with Gasteiger partial charge in [-0.1, -0.05) is 35.5 Å². The van der Waals surface area contributed by atoms with Crippen LogP contribution in [0.3, 0.4) is 0 Å². The SMILES string of the molecule is Cc1ccc(-n2cnnc2SCC(=O)Nc2cccc(N3CCNC3=O)c2)cc1. The third-order valence-electron chi connectivity index (χ3n) is 4.46. The summed E-state index contributed by atoms with van der Waals surface area (Å²) in [4.78, 5) is 25.9. The summed E-state index contributed by atoms with van der Waals surface area (Å²) >= 11 is 1.31. The van der Waals surface area contributed by atoms with Crippen LogP contribution in [-0.2, 0) is 4.79 Å². The molecule has 148 valence electrons. The lowest BCUT2D eigenvalue weighted by atomic mass is 10.2. The Balaban J connectivity index is 1.38. The van der Waals surface area contributed by atoms with E-state index in [4.69, 9.17) is 0 Å². The van der Waals surface area contributed by atoms with E-state index in [9.17, 15) is 9.59 Å².